The van der Waals surface area contributed by atoms with E-state index in [2.05, 4.69) is 282 Å². The molecule has 394 valence electrons. The molecule has 2 atom stereocenters. The molecule has 0 radical (unpaired) electrons. The Bertz CT molecular complexity index is 5020. The molecule has 0 saturated heterocycles. The van der Waals surface area contributed by atoms with Crippen molar-refractivity contribution in [2.75, 3.05) is 0 Å². The normalized spacial score (nSPS) is 15.1. The minimum atomic E-state index is -0.161. The van der Waals surface area contributed by atoms with Crippen LogP contribution in [0.3, 0.4) is 0 Å². The number of benzene rings is 13. The van der Waals surface area contributed by atoms with Gasteiger partial charge in [-0.05, 0) is 131 Å². The Hall–Kier alpha value is -11.0. The number of fused-ring (bicyclic) bond motifs is 17. The number of nitriles is 1. The van der Waals surface area contributed by atoms with E-state index in [1.165, 1.54) is 44.5 Å². The van der Waals surface area contributed by atoms with Crippen molar-refractivity contribution in [2.45, 2.75) is 30.1 Å². The van der Waals surface area contributed by atoms with Crippen LogP contribution in [0, 0.1) is 17.9 Å². The van der Waals surface area contributed by atoms with E-state index in [9.17, 15) is 11.8 Å². The van der Waals surface area contributed by atoms with E-state index in [0.29, 0.717) is 11.3 Å². The molecule has 2 aromatic heterocycles. The second kappa shape index (κ2) is 18.2. The van der Waals surface area contributed by atoms with Gasteiger partial charge in [0.05, 0.1) is 51.6 Å². The molecular weight excluding hydrogens is 1030 g/mol. The predicted molar refractivity (Wildman–Crippen MR) is 350 cm³/mol. The average molecular weight is 1080 g/mol. The van der Waals surface area contributed by atoms with Gasteiger partial charge in [-0.2, -0.15) is 5.26 Å². The van der Waals surface area contributed by atoms with Crippen molar-refractivity contribution < 1.29 is 0 Å². The first-order valence-corrected chi connectivity index (χ1v) is 29.6. The Kier molecular flexibility index (Phi) is 10.2. The molecule has 13 aromatic carbocycles. The summed E-state index contributed by atoms with van der Waals surface area (Å²) >= 11 is 0. The van der Waals surface area contributed by atoms with Crippen molar-refractivity contribution in [1.82, 2.24) is 9.13 Å². The van der Waals surface area contributed by atoms with E-state index >= 15 is 0 Å². The minimum absolute atomic E-state index is 0.0805. The highest BCUT2D eigenvalue weighted by molar-refractivity contribution is 6.21. The first kappa shape index (κ1) is 47.6. The first-order chi connectivity index (χ1) is 42.1. The first-order valence-electron chi connectivity index (χ1n) is 29.6. The molecule has 0 fully saturated rings. The quantitative estimate of drug-likeness (QED) is 0.153. The zero-order valence-electron chi connectivity index (χ0n) is 46.2. The highest BCUT2D eigenvalue weighted by Crippen LogP contribution is 2.66. The van der Waals surface area contributed by atoms with Gasteiger partial charge in [-0.15, -0.1) is 0 Å². The summed E-state index contributed by atoms with van der Waals surface area (Å²) in [5.41, 5.74) is 23.4. The molecule has 3 aliphatic carbocycles. The maximum atomic E-state index is 12.7. The highest BCUT2D eigenvalue weighted by atomic mass is 15.0. The summed E-state index contributed by atoms with van der Waals surface area (Å²) in [6.45, 7) is 9.89. The summed E-state index contributed by atoms with van der Waals surface area (Å²) in [6.07, 6.45) is 0.758. The fourth-order valence-electron chi connectivity index (χ4n) is 16.2. The number of aromatic nitrogens is 2. The number of nitrogens with zero attached hydrogens (tertiary/aromatic N) is 4. The van der Waals surface area contributed by atoms with Gasteiger partial charge in [-0.25, -0.2) is 4.85 Å². The third-order valence-corrected chi connectivity index (χ3v) is 19.5. The molecule has 18 rings (SSSR count). The molecule has 0 amide bonds. The topological polar surface area (TPSA) is 38.0 Å². The lowest BCUT2D eigenvalue weighted by Crippen LogP contribution is -2.14. The minimum Gasteiger partial charge on any atom is -0.318 e. The summed E-state index contributed by atoms with van der Waals surface area (Å²) in [5.74, 6) is -0.483. The van der Waals surface area contributed by atoms with Crippen LogP contribution in [0.5, 0.6) is 0 Å². The number of hydrogen-bond acceptors (Lipinski definition) is 1. The van der Waals surface area contributed by atoms with Crippen LogP contribution in [0.1, 0.15) is 69.0 Å². The molecule has 0 aliphatic heterocycles. The summed E-state index contributed by atoms with van der Waals surface area (Å²) < 4.78 is 4.90. The predicted octanol–water partition coefficient (Wildman–Crippen LogP) is 21.1. The van der Waals surface area contributed by atoms with Crippen molar-refractivity contribution in [3.63, 3.8) is 0 Å². The summed E-state index contributed by atoms with van der Waals surface area (Å²) in [5, 5.41) is 21.5. The molecular formula is C81H50N4. The van der Waals surface area contributed by atoms with Gasteiger partial charge in [0, 0.05) is 44.2 Å². The Morgan fingerprint density at radius 1 is 0.365 bits per heavy atom. The smallest absolute Gasteiger partial charge is 0.230 e. The van der Waals surface area contributed by atoms with Crippen LogP contribution >= 0.6 is 0 Å². The average Bonchev–Trinajstić information content (AvgIpc) is 1.62. The maximum absolute atomic E-state index is 12.7. The molecule has 0 saturated carbocycles. The number of rotatable bonds is 6. The fraction of sp³-hybridized carbons (Fsp3) is 0.0617. The van der Waals surface area contributed by atoms with Gasteiger partial charge in [-0.3, -0.25) is 0 Å². The van der Waals surface area contributed by atoms with Crippen LogP contribution in [0.15, 0.2) is 267 Å². The van der Waals surface area contributed by atoms with Gasteiger partial charge < -0.3 is 9.13 Å². The van der Waals surface area contributed by atoms with Crippen molar-refractivity contribution >= 4 is 70.8 Å². The molecule has 2 heterocycles. The Morgan fingerprint density at radius 2 is 0.753 bits per heavy atom. The Labute approximate surface area is 491 Å². The largest absolute Gasteiger partial charge is 0.318 e. The molecule has 0 N–H and O–H groups in total. The summed E-state index contributed by atoms with van der Waals surface area (Å²) in [7, 11) is 0. The lowest BCUT2D eigenvalue weighted by atomic mass is 9.77. The van der Waals surface area contributed by atoms with Gasteiger partial charge >= 0.3 is 0 Å². The van der Waals surface area contributed by atoms with Gasteiger partial charge in [-0.1, -0.05) is 243 Å². The molecule has 15 aromatic rings. The molecule has 85 heavy (non-hydrogen) atoms. The molecule has 2 unspecified atom stereocenters. The fourth-order valence-corrected chi connectivity index (χ4v) is 16.2. The van der Waals surface area contributed by atoms with Gasteiger partial charge in [0.15, 0.2) is 0 Å². The summed E-state index contributed by atoms with van der Waals surface area (Å²) in [4.78, 5) is 4.82. The van der Waals surface area contributed by atoms with Crippen molar-refractivity contribution in [3.05, 3.63) is 317 Å². The lowest BCUT2D eigenvalue weighted by Gasteiger charge is -2.29. The van der Waals surface area contributed by atoms with E-state index < -0.39 is 0 Å². The van der Waals surface area contributed by atoms with Gasteiger partial charge in [0.2, 0.25) is 5.69 Å². The third kappa shape index (κ3) is 6.65. The Morgan fingerprint density at radius 3 is 1.19 bits per heavy atom. The molecule has 3 aliphatic rings. The lowest BCUT2D eigenvalue weighted by molar-refractivity contribution is 0.517. The maximum Gasteiger partial charge on any atom is 0.230 e. The van der Waals surface area contributed by atoms with E-state index in [0.717, 1.165) is 116 Å². The van der Waals surface area contributed by atoms with Gasteiger partial charge in [0.25, 0.3) is 0 Å². The van der Waals surface area contributed by atoms with Crippen LogP contribution in [-0.2, 0) is 0 Å². The van der Waals surface area contributed by atoms with Crippen LogP contribution < -0.4 is 0 Å². The van der Waals surface area contributed by atoms with Crippen molar-refractivity contribution in [3.8, 4) is 62.0 Å². The molecule has 0 bridgehead atoms. The van der Waals surface area contributed by atoms with E-state index in [1.807, 2.05) is 0 Å². The SMILES string of the molecule is [C-]#[N+]c1c(C#N)c(-n2c3ccc(-c4ccccc4)cc3c3ccc4ccccc4c32)c2c(c1-n1c3ccc(-c4ccccc4)cc3c3ccc4ccccc4c31)C(C1c3ccccc3-c3ccccc31)CC2C1c2ccccc2-c2ccccc21. The van der Waals surface area contributed by atoms with E-state index in [4.69, 9.17) is 4.85 Å². The standard InChI is InChI=1S/C81H50N4/c1-83-77-70(47-82)80(84-71-42-38-52(48-20-4-2-5-21-48)44-66(71)64-40-36-50-24-8-10-26-54(50)78(64)84)75-68(73-60-32-16-12-28-56(60)57-29-13-17-33-61(57)73)46-69(74-62-34-18-14-30-58(62)59-31-15-19-35-63(59)74)76(75)81(77)85-72-43-39-53(49-22-6-3-7-23-49)45-67(72)65-41-37-51-25-9-11-27-55(51)79(65)85/h2-45,68-69,73-74H,46H2. The van der Waals surface area contributed by atoms with Crippen LogP contribution in [-0.4, -0.2) is 9.13 Å². The van der Waals surface area contributed by atoms with Crippen molar-refractivity contribution in [2.24, 2.45) is 0 Å². The summed E-state index contributed by atoms with van der Waals surface area (Å²) in [6, 6.07) is 101. The van der Waals surface area contributed by atoms with E-state index in [1.54, 1.807) is 0 Å². The van der Waals surface area contributed by atoms with Crippen LogP contribution in [0.4, 0.5) is 5.69 Å². The highest BCUT2D eigenvalue weighted by Gasteiger charge is 2.50. The van der Waals surface area contributed by atoms with Crippen LogP contribution in [0.2, 0.25) is 0 Å². The second-order valence-corrected chi connectivity index (χ2v) is 23.5. The Balaban J connectivity index is 1.07. The van der Waals surface area contributed by atoms with E-state index in [-0.39, 0.29) is 23.7 Å². The zero-order valence-corrected chi connectivity index (χ0v) is 46.2. The molecule has 4 nitrogen and oxygen atoms in total. The van der Waals surface area contributed by atoms with Gasteiger partial charge in [0.1, 0.15) is 0 Å². The number of hydrogen-bond donors (Lipinski definition) is 0. The zero-order chi connectivity index (χ0) is 56.0. The third-order valence-electron chi connectivity index (χ3n) is 19.5. The van der Waals surface area contributed by atoms with Crippen molar-refractivity contribution in [1.29, 1.82) is 5.26 Å². The monoisotopic (exact) mass is 1080 g/mol. The second-order valence-electron chi connectivity index (χ2n) is 23.5. The van der Waals surface area contributed by atoms with Crippen LogP contribution in [0.25, 0.3) is 126 Å². The molecule has 4 heteroatoms. The molecule has 0 spiro atoms.